The third kappa shape index (κ3) is 3.48. The molecule has 0 radical (unpaired) electrons. The fourth-order valence-electron chi connectivity index (χ4n) is 3.01. The van der Waals surface area contributed by atoms with Gasteiger partial charge in [0.25, 0.3) is 5.91 Å². The van der Waals surface area contributed by atoms with Gasteiger partial charge >= 0.3 is 0 Å². The summed E-state index contributed by atoms with van der Waals surface area (Å²) in [5, 5.41) is 8.01. The molecule has 2 aromatic heterocycles. The maximum absolute atomic E-state index is 12.1. The number of aryl methyl sites for hydroxylation is 1. The van der Waals surface area contributed by atoms with Crippen molar-refractivity contribution >= 4 is 40.4 Å². The zero-order chi connectivity index (χ0) is 18.8. The van der Waals surface area contributed by atoms with E-state index in [1.807, 2.05) is 30.3 Å². The van der Waals surface area contributed by atoms with E-state index in [0.29, 0.717) is 39.0 Å². The fourth-order valence-corrected chi connectivity index (χ4v) is 4.65. The molecule has 0 saturated carbocycles. The van der Waals surface area contributed by atoms with Crippen molar-refractivity contribution in [3.8, 4) is 11.3 Å². The molecule has 6 nitrogen and oxygen atoms in total. The zero-order valence-corrected chi connectivity index (χ0v) is 16.3. The molecule has 0 unspecified atom stereocenters. The number of nitrogens with zero attached hydrogens (tertiary/aromatic N) is 3. The molecule has 0 aliphatic heterocycles. The van der Waals surface area contributed by atoms with E-state index in [-0.39, 0.29) is 11.1 Å². The maximum Gasteiger partial charge on any atom is 0.259 e. The zero-order valence-electron chi connectivity index (χ0n) is 13.9. The van der Waals surface area contributed by atoms with Crippen molar-refractivity contribution in [2.75, 3.05) is 6.54 Å². The minimum atomic E-state index is -0.545. The highest BCUT2D eigenvalue weighted by Gasteiger charge is 2.30. The molecule has 0 aliphatic rings. The summed E-state index contributed by atoms with van der Waals surface area (Å²) >= 11 is 13.8. The summed E-state index contributed by atoms with van der Waals surface area (Å²) in [4.78, 5) is 12.4. The first kappa shape index (κ1) is 18.8. The summed E-state index contributed by atoms with van der Waals surface area (Å²) in [7, 11) is 1.71. The third-order valence-corrected chi connectivity index (χ3v) is 5.85. The summed E-state index contributed by atoms with van der Waals surface area (Å²) in [5.41, 5.74) is 14.6. The van der Waals surface area contributed by atoms with E-state index in [2.05, 4.69) is 10.3 Å². The smallest absolute Gasteiger partial charge is 0.259 e. The molecule has 9 heteroatoms. The number of nitrogens with two attached hydrogens (primary N) is 2. The van der Waals surface area contributed by atoms with Gasteiger partial charge in [-0.05, 0) is 24.1 Å². The van der Waals surface area contributed by atoms with Crippen molar-refractivity contribution in [2.45, 2.75) is 12.3 Å². The molecule has 2 heterocycles. The van der Waals surface area contributed by atoms with Crippen molar-refractivity contribution in [2.24, 2.45) is 18.5 Å². The first-order chi connectivity index (χ1) is 12.4. The molecule has 26 heavy (non-hydrogen) atoms. The number of halogens is 2. The van der Waals surface area contributed by atoms with Crippen molar-refractivity contribution in [1.82, 2.24) is 15.0 Å². The van der Waals surface area contributed by atoms with Gasteiger partial charge in [-0.15, -0.1) is 16.4 Å². The Morgan fingerprint density at radius 3 is 2.54 bits per heavy atom. The SMILES string of the molecule is Cn1nnc(Cl)c1-c1c(Cl)sc(C(N)=O)c1[C@@H](CN)Cc1ccccc1. The highest BCUT2D eigenvalue weighted by atomic mass is 35.5. The highest BCUT2D eigenvalue weighted by Crippen LogP contribution is 2.45. The minimum Gasteiger partial charge on any atom is -0.365 e. The topological polar surface area (TPSA) is 99.8 Å². The van der Waals surface area contributed by atoms with Gasteiger partial charge in [0.2, 0.25) is 0 Å². The monoisotopic (exact) mass is 409 g/mol. The molecule has 4 N–H and O–H groups in total. The molecule has 0 aliphatic carbocycles. The van der Waals surface area contributed by atoms with Crippen molar-refractivity contribution < 1.29 is 4.79 Å². The first-order valence-electron chi connectivity index (χ1n) is 7.85. The van der Waals surface area contributed by atoms with Gasteiger partial charge in [-0.3, -0.25) is 4.79 Å². The normalized spacial score (nSPS) is 12.3. The second-order valence-corrected chi connectivity index (χ2v) is 7.81. The molecule has 0 fully saturated rings. The summed E-state index contributed by atoms with van der Waals surface area (Å²) in [6.07, 6.45) is 0.639. The molecule has 3 rings (SSSR count). The minimum absolute atomic E-state index is 0.162. The number of aromatic nitrogens is 3. The lowest BCUT2D eigenvalue weighted by Crippen LogP contribution is -2.20. The summed E-state index contributed by atoms with van der Waals surface area (Å²) < 4.78 is 1.94. The fraction of sp³-hybridized carbons (Fsp3) is 0.235. The number of hydrogen-bond donors (Lipinski definition) is 2. The molecule has 0 saturated heterocycles. The molecule has 0 bridgehead atoms. The van der Waals surface area contributed by atoms with E-state index < -0.39 is 5.91 Å². The van der Waals surface area contributed by atoms with Crippen molar-refractivity contribution in [1.29, 1.82) is 0 Å². The Morgan fingerprint density at radius 1 is 1.31 bits per heavy atom. The van der Waals surface area contributed by atoms with Gasteiger partial charge in [0, 0.05) is 18.5 Å². The van der Waals surface area contributed by atoms with Gasteiger partial charge in [0.15, 0.2) is 5.15 Å². The number of amides is 1. The van der Waals surface area contributed by atoms with E-state index in [0.717, 1.165) is 16.9 Å². The molecular weight excluding hydrogens is 393 g/mol. The number of hydrogen-bond acceptors (Lipinski definition) is 5. The number of thiophene rings is 1. The lowest BCUT2D eigenvalue weighted by Gasteiger charge is -2.18. The van der Waals surface area contributed by atoms with Crippen LogP contribution in [0.25, 0.3) is 11.3 Å². The van der Waals surface area contributed by atoms with Gasteiger partial charge in [-0.2, -0.15) is 0 Å². The first-order valence-corrected chi connectivity index (χ1v) is 9.42. The number of rotatable bonds is 6. The molecule has 0 spiro atoms. The summed E-state index contributed by atoms with van der Waals surface area (Å²) in [6.45, 7) is 0.318. The van der Waals surface area contributed by atoms with Crippen LogP contribution in [-0.2, 0) is 13.5 Å². The van der Waals surface area contributed by atoms with Gasteiger partial charge in [0.1, 0.15) is 10.0 Å². The predicted molar refractivity (Wildman–Crippen MR) is 105 cm³/mol. The van der Waals surface area contributed by atoms with Crippen LogP contribution in [0.3, 0.4) is 0 Å². The summed E-state index contributed by atoms with van der Waals surface area (Å²) in [5.74, 6) is -0.708. The third-order valence-electron chi connectivity index (χ3n) is 4.17. The van der Waals surface area contributed by atoms with Crippen LogP contribution in [0.4, 0.5) is 0 Å². The van der Waals surface area contributed by atoms with E-state index in [9.17, 15) is 4.79 Å². The largest absolute Gasteiger partial charge is 0.365 e. The lowest BCUT2D eigenvalue weighted by molar-refractivity contribution is 0.100. The van der Waals surface area contributed by atoms with Gasteiger partial charge in [-0.25, -0.2) is 4.68 Å². The van der Waals surface area contributed by atoms with Crippen molar-refractivity contribution in [3.05, 3.63) is 55.8 Å². The Kier molecular flexibility index (Phi) is 5.62. The predicted octanol–water partition coefficient (Wildman–Crippen LogP) is 3.23. The van der Waals surface area contributed by atoms with Crippen LogP contribution in [0.2, 0.25) is 9.49 Å². The van der Waals surface area contributed by atoms with Crippen LogP contribution in [-0.4, -0.2) is 27.4 Å². The standard InChI is InChI=1S/C17H17Cl2N5OS/c1-24-13(15(18)22-23-24)12-11(14(17(21)25)26-16(12)19)10(8-20)7-9-5-3-2-4-6-9/h2-6,10H,7-8,20H2,1H3,(H2,21,25)/t10-/m1/s1. The molecule has 136 valence electrons. The van der Waals surface area contributed by atoms with E-state index in [4.69, 9.17) is 34.7 Å². The molecular formula is C17H17Cl2N5OS. The quantitative estimate of drug-likeness (QED) is 0.652. The second kappa shape index (κ2) is 7.75. The van der Waals surface area contributed by atoms with Crippen LogP contribution >= 0.6 is 34.5 Å². The maximum atomic E-state index is 12.1. The average Bonchev–Trinajstić information content (AvgIpc) is 3.13. The van der Waals surface area contributed by atoms with Crippen LogP contribution < -0.4 is 11.5 Å². The lowest BCUT2D eigenvalue weighted by atomic mass is 9.88. The van der Waals surface area contributed by atoms with E-state index >= 15 is 0 Å². The average molecular weight is 410 g/mol. The van der Waals surface area contributed by atoms with Crippen LogP contribution in [0.15, 0.2) is 30.3 Å². The Labute approximate surface area is 164 Å². The Balaban J connectivity index is 2.19. The molecule has 3 aromatic rings. The Bertz CT molecular complexity index is 919. The summed E-state index contributed by atoms with van der Waals surface area (Å²) in [6, 6.07) is 9.89. The van der Waals surface area contributed by atoms with Crippen LogP contribution in [0, 0.1) is 0 Å². The molecule has 1 amide bonds. The van der Waals surface area contributed by atoms with Crippen LogP contribution in [0.5, 0.6) is 0 Å². The second-order valence-electron chi connectivity index (χ2n) is 5.83. The van der Waals surface area contributed by atoms with E-state index in [1.165, 1.54) is 4.68 Å². The number of carbonyl (C=O) groups excluding carboxylic acids is 1. The molecule has 1 aromatic carbocycles. The molecule has 1 atom stereocenters. The van der Waals surface area contributed by atoms with Gasteiger partial charge in [0.05, 0.1) is 4.88 Å². The van der Waals surface area contributed by atoms with Gasteiger partial charge in [-0.1, -0.05) is 58.7 Å². The Hall–Kier alpha value is -1.93. The van der Waals surface area contributed by atoms with Crippen molar-refractivity contribution in [3.63, 3.8) is 0 Å². The highest BCUT2D eigenvalue weighted by molar-refractivity contribution is 7.18. The van der Waals surface area contributed by atoms with Crippen LogP contribution in [0.1, 0.15) is 26.7 Å². The number of benzene rings is 1. The van der Waals surface area contributed by atoms with Gasteiger partial charge < -0.3 is 11.5 Å². The number of carbonyl (C=O) groups is 1. The number of primary amides is 1. The Morgan fingerprint density at radius 2 is 2.00 bits per heavy atom. The van der Waals surface area contributed by atoms with E-state index in [1.54, 1.807) is 7.05 Å².